The van der Waals surface area contributed by atoms with E-state index in [0.717, 1.165) is 0 Å². The Balaban J connectivity index is 1.15. The molecule has 232 valence electrons. The second-order valence-corrected chi connectivity index (χ2v) is 15.3. The quantitative estimate of drug-likeness (QED) is 0.164. The van der Waals surface area contributed by atoms with Crippen molar-refractivity contribution in [2.45, 2.75) is 0 Å². The number of hydrogen-bond acceptors (Lipinski definition) is 2. The highest BCUT2D eigenvalue weighted by atomic mass is 32.1. The first-order valence-corrected chi connectivity index (χ1v) is 18.7. The highest BCUT2D eigenvalue weighted by Crippen LogP contribution is 2.48. The molecule has 0 aliphatic carbocycles. The molecule has 50 heavy (non-hydrogen) atoms. The zero-order valence-electron chi connectivity index (χ0n) is 27.0. The molecule has 0 aliphatic rings. The largest absolute Gasteiger partial charge is 0.135 e. The average molecular weight is 669 g/mol. The van der Waals surface area contributed by atoms with Crippen LogP contribution in [0.1, 0.15) is 0 Å². The van der Waals surface area contributed by atoms with Gasteiger partial charge in [0.2, 0.25) is 0 Å². The van der Waals surface area contributed by atoms with Crippen LogP contribution in [0, 0.1) is 0 Å². The van der Waals surface area contributed by atoms with Crippen LogP contribution in [-0.2, 0) is 0 Å². The van der Waals surface area contributed by atoms with E-state index in [1.807, 2.05) is 22.7 Å². The minimum absolute atomic E-state index is 1.25. The predicted octanol–water partition coefficient (Wildman–Crippen LogP) is 14.9. The fourth-order valence-corrected chi connectivity index (χ4v) is 10.6. The van der Waals surface area contributed by atoms with Crippen LogP contribution in [0.5, 0.6) is 0 Å². The van der Waals surface area contributed by atoms with Crippen LogP contribution in [0.2, 0.25) is 0 Å². The van der Waals surface area contributed by atoms with E-state index in [0.29, 0.717) is 0 Å². The van der Waals surface area contributed by atoms with Gasteiger partial charge in [0.25, 0.3) is 0 Å². The summed E-state index contributed by atoms with van der Waals surface area (Å²) in [6.45, 7) is 0. The summed E-state index contributed by atoms with van der Waals surface area (Å²) in [5, 5.41) is 13.2. The zero-order chi connectivity index (χ0) is 32.8. The molecule has 9 aromatic carbocycles. The van der Waals surface area contributed by atoms with E-state index in [1.165, 1.54) is 106 Å². The fourth-order valence-electron chi connectivity index (χ4n) is 8.35. The zero-order valence-corrected chi connectivity index (χ0v) is 28.6. The number of hydrogen-bond donors (Lipinski definition) is 0. The molecule has 0 saturated carbocycles. The Morgan fingerprint density at radius 1 is 0.260 bits per heavy atom. The topological polar surface area (TPSA) is 0 Å². The summed E-state index contributed by atoms with van der Waals surface area (Å²) in [5.74, 6) is 0. The van der Waals surface area contributed by atoms with Crippen molar-refractivity contribution in [2.24, 2.45) is 0 Å². The Morgan fingerprint density at radius 2 is 0.740 bits per heavy atom. The van der Waals surface area contributed by atoms with Crippen molar-refractivity contribution in [1.82, 2.24) is 0 Å². The second kappa shape index (κ2) is 10.9. The normalized spacial score (nSPS) is 12.0. The van der Waals surface area contributed by atoms with Gasteiger partial charge >= 0.3 is 0 Å². The van der Waals surface area contributed by atoms with Gasteiger partial charge in [-0.15, -0.1) is 22.7 Å². The Hall–Kier alpha value is -5.80. The molecule has 0 atom stereocenters. The third kappa shape index (κ3) is 4.04. The van der Waals surface area contributed by atoms with Crippen molar-refractivity contribution < 1.29 is 0 Å². The first-order chi connectivity index (χ1) is 24.8. The third-order valence-corrected chi connectivity index (χ3v) is 12.7. The van der Waals surface area contributed by atoms with Gasteiger partial charge in [-0.05, 0) is 90.0 Å². The summed E-state index contributed by atoms with van der Waals surface area (Å²) in [6, 6.07) is 63.0. The summed E-state index contributed by atoms with van der Waals surface area (Å²) in [7, 11) is 0. The first-order valence-electron chi connectivity index (χ1n) is 17.1. The van der Waals surface area contributed by atoms with E-state index in [-0.39, 0.29) is 0 Å². The van der Waals surface area contributed by atoms with Crippen LogP contribution in [0.3, 0.4) is 0 Å². The van der Waals surface area contributed by atoms with Crippen LogP contribution in [0.15, 0.2) is 170 Å². The maximum absolute atomic E-state index is 2.42. The molecule has 0 spiro atoms. The van der Waals surface area contributed by atoms with Crippen LogP contribution in [-0.4, -0.2) is 0 Å². The monoisotopic (exact) mass is 668 g/mol. The average Bonchev–Trinajstić information content (AvgIpc) is 3.74. The molecule has 0 amide bonds. The molecule has 2 aromatic heterocycles. The van der Waals surface area contributed by atoms with Crippen molar-refractivity contribution in [3.8, 4) is 33.4 Å². The standard InChI is InChI=1S/C48H28S2/c1-2-12-29(13-3-1)45-34-16-6-8-18-36(34)46(37-19-9-7-17-35(37)45)38-25-24-31(32-14-4-5-15-33(32)38)30-22-23-40-44(28-30)50-43-27-26-42-47(48(40)43)39-20-10-11-21-41(39)49-42/h1-28H. The third-order valence-electron chi connectivity index (χ3n) is 10.5. The second-order valence-electron chi connectivity index (χ2n) is 13.1. The number of thiophene rings is 2. The SMILES string of the molecule is c1ccc(-c2c3ccccc3c(-c3ccc(-c4ccc5c(c4)sc4ccc6sc7ccccc7c6c45)c4ccccc34)c3ccccc23)cc1. The summed E-state index contributed by atoms with van der Waals surface area (Å²) >= 11 is 3.80. The fraction of sp³-hybridized carbons (Fsp3) is 0. The molecule has 0 N–H and O–H groups in total. The Labute approximate surface area is 297 Å². The van der Waals surface area contributed by atoms with Crippen LogP contribution < -0.4 is 0 Å². The van der Waals surface area contributed by atoms with Crippen molar-refractivity contribution in [2.75, 3.05) is 0 Å². The summed E-state index contributed by atoms with van der Waals surface area (Å²) < 4.78 is 5.40. The van der Waals surface area contributed by atoms with E-state index < -0.39 is 0 Å². The lowest BCUT2D eigenvalue weighted by molar-refractivity contribution is 1.66. The van der Waals surface area contributed by atoms with Crippen LogP contribution in [0.4, 0.5) is 0 Å². The molecule has 0 bridgehead atoms. The van der Waals surface area contributed by atoms with Crippen LogP contribution >= 0.6 is 22.7 Å². The minimum atomic E-state index is 1.25. The molecule has 0 radical (unpaired) electrons. The van der Waals surface area contributed by atoms with Gasteiger partial charge in [-0.25, -0.2) is 0 Å². The number of fused-ring (bicyclic) bond motifs is 10. The first kappa shape index (κ1) is 28.1. The van der Waals surface area contributed by atoms with Gasteiger partial charge in [-0.2, -0.15) is 0 Å². The van der Waals surface area contributed by atoms with Crippen LogP contribution in [0.25, 0.3) is 106 Å². The molecular weight excluding hydrogens is 641 g/mol. The Kier molecular flexibility index (Phi) is 6.09. The van der Waals surface area contributed by atoms with Gasteiger partial charge in [0.05, 0.1) is 0 Å². The Bertz CT molecular complexity index is 3080. The van der Waals surface area contributed by atoms with Gasteiger partial charge in [-0.1, -0.05) is 146 Å². The van der Waals surface area contributed by atoms with Crippen molar-refractivity contribution >= 4 is 95.3 Å². The minimum Gasteiger partial charge on any atom is -0.135 e. The smallest absolute Gasteiger partial charge is 0.0362 e. The molecule has 0 saturated heterocycles. The maximum atomic E-state index is 2.42. The van der Waals surface area contributed by atoms with Crippen molar-refractivity contribution in [3.05, 3.63) is 170 Å². The summed E-state index contributed by atoms with van der Waals surface area (Å²) in [5.41, 5.74) is 7.63. The van der Waals surface area contributed by atoms with Gasteiger partial charge in [0.1, 0.15) is 0 Å². The lowest BCUT2D eigenvalue weighted by Gasteiger charge is -2.19. The summed E-state index contributed by atoms with van der Waals surface area (Å²) in [6.07, 6.45) is 0. The van der Waals surface area contributed by atoms with Crippen molar-refractivity contribution in [1.29, 1.82) is 0 Å². The molecule has 11 rings (SSSR count). The molecule has 0 nitrogen and oxygen atoms in total. The van der Waals surface area contributed by atoms with E-state index in [9.17, 15) is 0 Å². The molecule has 11 aromatic rings. The van der Waals surface area contributed by atoms with E-state index in [2.05, 4.69) is 170 Å². The lowest BCUT2D eigenvalue weighted by Crippen LogP contribution is -1.92. The highest BCUT2D eigenvalue weighted by molar-refractivity contribution is 7.28. The lowest BCUT2D eigenvalue weighted by atomic mass is 9.84. The molecule has 2 heteroatoms. The molecule has 0 aliphatic heterocycles. The van der Waals surface area contributed by atoms with E-state index >= 15 is 0 Å². The van der Waals surface area contributed by atoms with Gasteiger partial charge in [-0.3, -0.25) is 0 Å². The molecule has 2 heterocycles. The van der Waals surface area contributed by atoms with Gasteiger partial charge < -0.3 is 0 Å². The highest BCUT2D eigenvalue weighted by Gasteiger charge is 2.20. The van der Waals surface area contributed by atoms with E-state index in [1.54, 1.807) is 0 Å². The molecule has 0 fully saturated rings. The number of rotatable bonds is 3. The summed E-state index contributed by atoms with van der Waals surface area (Å²) in [4.78, 5) is 0. The maximum Gasteiger partial charge on any atom is 0.0362 e. The van der Waals surface area contributed by atoms with Gasteiger partial charge in [0, 0.05) is 40.3 Å². The van der Waals surface area contributed by atoms with Crippen molar-refractivity contribution in [3.63, 3.8) is 0 Å². The Morgan fingerprint density at radius 3 is 1.40 bits per heavy atom. The molecule has 0 unspecified atom stereocenters. The number of benzene rings is 9. The van der Waals surface area contributed by atoms with E-state index in [4.69, 9.17) is 0 Å². The predicted molar refractivity (Wildman–Crippen MR) is 221 cm³/mol. The molecular formula is C48H28S2. The van der Waals surface area contributed by atoms with Gasteiger partial charge in [0.15, 0.2) is 0 Å².